The van der Waals surface area contributed by atoms with Gasteiger partial charge in [0.05, 0.1) is 18.2 Å². The van der Waals surface area contributed by atoms with Gasteiger partial charge in [0.25, 0.3) is 0 Å². The molecule has 3 heterocycles. The van der Waals surface area contributed by atoms with E-state index in [0.29, 0.717) is 12.1 Å². The average molecular weight is 495 g/mol. The van der Waals surface area contributed by atoms with Gasteiger partial charge in [-0.25, -0.2) is 4.98 Å². The summed E-state index contributed by atoms with van der Waals surface area (Å²) in [6.07, 6.45) is 2.68. The fourth-order valence-electron chi connectivity index (χ4n) is 5.48. The number of pyridine rings is 1. The molecule has 0 N–H and O–H groups in total. The second-order valence-corrected chi connectivity index (χ2v) is 9.74. The third-order valence-corrected chi connectivity index (χ3v) is 7.42. The van der Waals surface area contributed by atoms with Crippen molar-refractivity contribution in [3.8, 4) is 6.07 Å². The Morgan fingerprint density at radius 1 is 0.811 bits per heavy atom. The van der Waals surface area contributed by atoms with Crippen molar-refractivity contribution >= 4 is 11.7 Å². The van der Waals surface area contributed by atoms with Gasteiger partial charge in [0.2, 0.25) is 5.91 Å². The molecule has 5 rings (SSSR count). The fraction of sp³-hybridized carbons (Fsp3) is 0.367. The van der Waals surface area contributed by atoms with E-state index >= 15 is 0 Å². The van der Waals surface area contributed by atoms with Gasteiger partial charge in [-0.05, 0) is 29.7 Å². The van der Waals surface area contributed by atoms with Crippen LogP contribution in [0.25, 0.3) is 0 Å². The van der Waals surface area contributed by atoms with Crippen molar-refractivity contribution in [2.75, 3.05) is 63.8 Å². The molecule has 0 aliphatic carbocycles. The van der Waals surface area contributed by atoms with Crippen LogP contribution in [0.4, 0.5) is 5.82 Å². The lowest BCUT2D eigenvalue weighted by molar-refractivity contribution is -0.134. The molecule has 7 heteroatoms. The molecule has 2 aromatic carbocycles. The van der Waals surface area contributed by atoms with Gasteiger partial charge in [-0.1, -0.05) is 60.7 Å². The van der Waals surface area contributed by atoms with Crippen molar-refractivity contribution in [1.82, 2.24) is 19.7 Å². The summed E-state index contributed by atoms with van der Waals surface area (Å²) in [5.74, 6) is 0.959. The number of rotatable bonds is 6. The molecule has 37 heavy (non-hydrogen) atoms. The van der Waals surface area contributed by atoms with Crippen LogP contribution in [0.3, 0.4) is 0 Å². The number of hydrogen-bond donors (Lipinski definition) is 0. The molecule has 2 aliphatic rings. The van der Waals surface area contributed by atoms with Gasteiger partial charge in [-0.2, -0.15) is 5.26 Å². The molecule has 0 bridgehead atoms. The van der Waals surface area contributed by atoms with E-state index in [1.807, 2.05) is 11.0 Å². The largest absolute Gasteiger partial charge is 0.354 e. The summed E-state index contributed by atoms with van der Waals surface area (Å²) in [5, 5.41) is 9.44. The number of carbonyl (C=O) groups is 1. The number of anilines is 1. The number of carbonyl (C=O) groups excluding carboxylic acids is 1. The van der Waals surface area contributed by atoms with Crippen LogP contribution in [0.15, 0.2) is 79.0 Å². The van der Waals surface area contributed by atoms with Crippen LogP contribution in [-0.2, 0) is 4.79 Å². The minimum Gasteiger partial charge on any atom is -0.354 e. The number of hydrogen-bond acceptors (Lipinski definition) is 6. The first-order chi connectivity index (χ1) is 18.2. The number of aromatic nitrogens is 1. The average Bonchev–Trinajstić information content (AvgIpc) is 3.20. The highest BCUT2D eigenvalue weighted by molar-refractivity contribution is 5.78. The molecule has 7 nitrogen and oxygen atoms in total. The van der Waals surface area contributed by atoms with E-state index in [1.54, 1.807) is 12.3 Å². The first-order valence-corrected chi connectivity index (χ1v) is 13.2. The molecule has 1 aromatic heterocycles. The predicted molar refractivity (Wildman–Crippen MR) is 145 cm³/mol. The summed E-state index contributed by atoms with van der Waals surface area (Å²) in [4.78, 5) is 26.6. The summed E-state index contributed by atoms with van der Waals surface area (Å²) < 4.78 is 0. The van der Waals surface area contributed by atoms with Gasteiger partial charge in [-0.15, -0.1) is 0 Å². The third kappa shape index (κ3) is 5.99. The SMILES string of the molecule is N#Cc1cccnc1N1CCCN(CC(=O)N2CCN(C(c3ccccc3)c3ccccc3)CC2)CC1. The molecule has 2 fully saturated rings. The van der Waals surface area contributed by atoms with Crippen molar-refractivity contribution in [2.45, 2.75) is 12.5 Å². The summed E-state index contributed by atoms with van der Waals surface area (Å²) >= 11 is 0. The van der Waals surface area contributed by atoms with E-state index in [1.165, 1.54) is 11.1 Å². The molecular formula is C30H34N6O. The molecule has 0 unspecified atom stereocenters. The zero-order valence-electron chi connectivity index (χ0n) is 21.2. The van der Waals surface area contributed by atoms with Gasteiger partial charge >= 0.3 is 0 Å². The molecule has 2 saturated heterocycles. The van der Waals surface area contributed by atoms with E-state index in [4.69, 9.17) is 0 Å². The number of nitriles is 1. The standard InChI is InChI=1S/C30H34N6O/c31-23-27-13-7-14-32-30(27)36-16-8-15-33(17-18-36)24-28(37)34-19-21-35(22-20-34)29(25-9-3-1-4-10-25)26-11-5-2-6-12-26/h1-7,9-14,29H,8,15-22,24H2. The van der Waals surface area contributed by atoms with Gasteiger partial charge in [-0.3, -0.25) is 14.6 Å². The Bertz CT molecular complexity index is 1160. The summed E-state index contributed by atoms with van der Waals surface area (Å²) in [5.41, 5.74) is 3.18. The number of nitrogens with zero attached hydrogens (tertiary/aromatic N) is 6. The Morgan fingerprint density at radius 2 is 1.49 bits per heavy atom. The molecule has 0 radical (unpaired) electrons. The Kier molecular flexibility index (Phi) is 8.09. The maximum absolute atomic E-state index is 13.2. The minimum absolute atomic E-state index is 0.195. The van der Waals surface area contributed by atoms with Crippen LogP contribution in [0.1, 0.15) is 29.2 Å². The van der Waals surface area contributed by atoms with Crippen LogP contribution >= 0.6 is 0 Å². The van der Waals surface area contributed by atoms with Crippen molar-refractivity contribution < 1.29 is 4.79 Å². The van der Waals surface area contributed by atoms with Gasteiger partial charge in [0.15, 0.2) is 0 Å². The fourth-order valence-corrected chi connectivity index (χ4v) is 5.48. The maximum Gasteiger partial charge on any atom is 0.236 e. The highest BCUT2D eigenvalue weighted by atomic mass is 16.2. The topological polar surface area (TPSA) is 66.7 Å². The van der Waals surface area contributed by atoms with Crippen molar-refractivity contribution in [3.05, 3.63) is 95.7 Å². The summed E-state index contributed by atoms with van der Waals surface area (Å²) in [6.45, 7) is 6.91. The Labute approximate surface area is 219 Å². The summed E-state index contributed by atoms with van der Waals surface area (Å²) in [6, 6.07) is 27.4. The van der Waals surface area contributed by atoms with E-state index in [-0.39, 0.29) is 11.9 Å². The highest BCUT2D eigenvalue weighted by Crippen LogP contribution is 2.29. The van der Waals surface area contributed by atoms with Crippen LogP contribution in [-0.4, -0.2) is 84.5 Å². The van der Waals surface area contributed by atoms with Crippen LogP contribution in [0, 0.1) is 11.3 Å². The summed E-state index contributed by atoms with van der Waals surface area (Å²) in [7, 11) is 0. The Hall–Kier alpha value is -3.73. The molecule has 0 saturated carbocycles. The second-order valence-electron chi connectivity index (χ2n) is 9.74. The van der Waals surface area contributed by atoms with E-state index < -0.39 is 0 Å². The zero-order valence-corrected chi connectivity index (χ0v) is 21.2. The van der Waals surface area contributed by atoms with Crippen molar-refractivity contribution in [2.24, 2.45) is 0 Å². The van der Waals surface area contributed by atoms with Gasteiger partial charge in [0, 0.05) is 58.6 Å². The van der Waals surface area contributed by atoms with Crippen molar-refractivity contribution in [1.29, 1.82) is 5.26 Å². The van der Waals surface area contributed by atoms with Crippen molar-refractivity contribution in [3.63, 3.8) is 0 Å². The number of benzene rings is 2. The maximum atomic E-state index is 13.2. The first-order valence-electron chi connectivity index (χ1n) is 13.2. The molecule has 0 atom stereocenters. The van der Waals surface area contributed by atoms with Gasteiger partial charge < -0.3 is 9.80 Å². The second kappa shape index (κ2) is 12.0. The number of amides is 1. The smallest absolute Gasteiger partial charge is 0.236 e. The Morgan fingerprint density at radius 3 is 2.14 bits per heavy atom. The minimum atomic E-state index is 0.195. The molecule has 2 aliphatic heterocycles. The molecule has 1 amide bonds. The lowest BCUT2D eigenvalue weighted by Crippen LogP contribution is -2.52. The van der Waals surface area contributed by atoms with Gasteiger partial charge in [0.1, 0.15) is 11.9 Å². The monoisotopic (exact) mass is 494 g/mol. The van der Waals surface area contributed by atoms with Crippen LogP contribution < -0.4 is 4.90 Å². The van der Waals surface area contributed by atoms with E-state index in [0.717, 1.165) is 64.6 Å². The molecule has 0 spiro atoms. The molecule has 3 aromatic rings. The Balaban J connectivity index is 1.17. The van der Waals surface area contributed by atoms with E-state index in [2.05, 4.69) is 86.4 Å². The molecule has 190 valence electrons. The first kappa shape index (κ1) is 24.9. The quantitative estimate of drug-likeness (QED) is 0.523. The zero-order chi connectivity index (χ0) is 25.5. The van der Waals surface area contributed by atoms with Crippen LogP contribution in [0.5, 0.6) is 0 Å². The third-order valence-electron chi connectivity index (χ3n) is 7.42. The normalized spacial score (nSPS) is 17.4. The molecular weight excluding hydrogens is 460 g/mol. The predicted octanol–water partition coefficient (Wildman–Crippen LogP) is 3.40. The van der Waals surface area contributed by atoms with Crippen LogP contribution in [0.2, 0.25) is 0 Å². The lowest BCUT2D eigenvalue weighted by Gasteiger charge is -2.40. The highest BCUT2D eigenvalue weighted by Gasteiger charge is 2.29. The number of piperazine rings is 1. The lowest BCUT2D eigenvalue weighted by atomic mass is 9.96. The van der Waals surface area contributed by atoms with E-state index in [9.17, 15) is 10.1 Å².